The first kappa shape index (κ1) is 14.2. The molecule has 0 bridgehead atoms. The molecule has 4 heteroatoms. The van der Waals surface area contributed by atoms with Crippen molar-refractivity contribution in [1.82, 2.24) is 0 Å². The molecule has 4 nitrogen and oxygen atoms in total. The highest BCUT2D eigenvalue weighted by Crippen LogP contribution is 2.69. The number of epoxide rings is 1. The molecule has 2 aliphatic carbocycles. The minimum Gasteiger partial charge on any atom is -0.390 e. The van der Waals surface area contributed by atoms with Crippen molar-refractivity contribution >= 4 is 11.6 Å². The number of hydrogen-bond acceptors (Lipinski definition) is 4. The highest BCUT2D eigenvalue weighted by atomic mass is 16.6. The summed E-state index contributed by atoms with van der Waals surface area (Å²) in [6.07, 6.45) is 1.73. The molecule has 3 aliphatic rings. The number of ketones is 2. The van der Waals surface area contributed by atoms with Crippen LogP contribution in [0.15, 0.2) is 0 Å². The Morgan fingerprint density at radius 2 is 1.85 bits per heavy atom. The molecule has 7 atom stereocenters. The zero-order valence-electron chi connectivity index (χ0n) is 12.7. The monoisotopic (exact) mass is 280 g/mol. The van der Waals surface area contributed by atoms with E-state index in [0.717, 1.165) is 12.8 Å². The Bertz CT molecular complexity index is 473. The molecule has 0 radical (unpaired) electrons. The van der Waals surface area contributed by atoms with Gasteiger partial charge >= 0.3 is 0 Å². The summed E-state index contributed by atoms with van der Waals surface area (Å²) in [6.45, 7) is 7.30. The van der Waals surface area contributed by atoms with Crippen molar-refractivity contribution in [3.8, 4) is 0 Å². The molecule has 2 saturated carbocycles. The first-order valence-corrected chi connectivity index (χ1v) is 7.63. The molecule has 1 spiro atoms. The van der Waals surface area contributed by atoms with Crippen molar-refractivity contribution in [2.45, 2.75) is 64.8 Å². The van der Waals surface area contributed by atoms with Crippen LogP contribution >= 0.6 is 0 Å². The summed E-state index contributed by atoms with van der Waals surface area (Å²) in [6, 6.07) is 0. The molecule has 7 unspecified atom stereocenters. The van der Waals surface area contributed by atoms with Crippen LogP contribution in [0.2, 0.25) is 0 Å². The van der Waals surface area contributed by atoms with Gasteiger partial charge in [-0.05, 0) is 39.0 Å². The number of carbonyl (C=O) groups excluding carboxylic acids is 2. The molecule has 0 aromatic heterocycles. The van der Waals surface area contributed by atoms with E-state index in [1.54, 1.807) is 6.92 Å². The van der Waals surface area contributed by atoms with E-state index in [2.05, 4.69) is 13.8 Å². The molecular formula is C16H24O4. The third kappa shape index (κ3) is 1.44. The van der Waals surface area contributed by atoms with E-state index in [4.69, 9.17) is 4.74 Å². The van der Waals surface area contributed by atoms with E-state index < -0.39 is 17.1 Å². The molecule has 112 valence electrons. The van der Waals surface area contributed by atoms with E-state index in [1.807, 2.05) is 0 Å². The summed E-state index contributed by atoms with van der Waals surface area (Å²) < 4.78 is 5.95. The quantitative estimate of drug-likeness (QED) is 0.782. The SMILES string of the molecule is CC(=O)C1CC(O)C23OC2CCC(C)C3(C)C1C(C)=O. The van der Waals surface area contributed by atoms with Gasteiger partial charge < -0.3 is 9.84 Å². The van der Waals surface area contributed by atoms with Crippen molar-refractivity contribution in [2.75, 3.05) is 0 Å². The van der Waals surface area contributed by atoms with Crippen LogP contribution in [0.4, 0.5) is 0 Å². The highest BCUT2D eigenvalue weighted by Gasteiger charge is 2.78. The highest BCUT2D eigenvalue weighted by molar-refractivity contribution is 5.89. The maximum atomic E-state index is 12.3. The van der Waals surface area contributed by atoms with Crippen LogP contribution in [-0.2, 0) is 14.3 Å². The van der Waals surface area contributed by atoms with Crippen molar-refractivity contribution in [1.29, 1.82) is 0 Å². The second-order valence-electron chi connectivity index (χ2n) is 7.22. The van der Waals surface area contributed by atoms with Crippen LogP contribution in [0.3, 0.4) is 0 Å². The molecule has 1 N–H and O–H groups in total. The lowest BCUT2D eigenvalue weighted by atomic mass is 9.46. The maximum Gasteiger partial charge on any atom is 0.134 e. The minimum absolute atomic E-state index is 0.00954. The number of Topliss-reactive ketones (excluding diaryl/α,β-unsaturated/α-hetero) is 2. The molecule has 1 heterocycles. The smallest absolute Gasteiger partial charge is 0.134 e. The van der Waals surface area contributed by atoms with Gasteiger partial charge in [0.25, 0.3) is 0 Å². The predicted molar refractivity (Wildman–Crippen MR) is 73.1 cm³/mol. The van der Waals surface area contributed by atoms with Gasteiger partial charge in [0.2, 0.25) is 0 Å². The van der Waals surface area contributed by atoms with Gasteiger partial charge in [0.1, 0.15) is 17.2 Å². The molecule has 20 heavy (non-hydrogen) atoms. The molecule has 1 aliphatic heterocycles. The third-order valence-electron chi connectivity index (χ3n) is 6.47. The van der Waals surface area contributed by atoms with Gasteiger partial charge in [-0.1, -0.05) is 13.8 Å². The Labute approximate surface area is 119 Å². The fraction of sp³-hybridized carbons (Fsp3) is 0.875. The Morgan fingerprint density at radius 3 is 2.40 bits per heavy atom. The third-order valence-corrected chi connectivity index (χ3v) is 6.47. The molecule has 3 fully saturated rings. The fourth-order valence-corrected chi connectivity index (χ4v) is 5.31. The molecule has 0 amide bonds. The first-order chi connectivity index (χ1) is 9.26. The average molecular weight is 280 g/mol. The topological polar surface area (TPSA) is 66.9 Å². The number of ether oxygens (including phenoxy) is 1. The van der Waals surface area contributed by atoms with Crippen molar-refractivity contribution in [3.05, 3.63) is 0 Å². The van der Waals surface area contributed by atoms with Gasteiger partial charge in [-0.25, -0.2) is 0 Å². The number of hydrogen-bond donors (Lipinski definition) is 1. The van der Waals surface area contributed by atoms with E-state index in [-0.39, 0.29) is 35.4 Å². The van der Waals surface area contributed by atoms with Gasteiger partial charge in [-0.3, -0.25) is 9.59 Å². The number of aliphatic hydroxyl groups excluding tert-OH is 1. The van der Waals surface area contributed by atoms with Crippen LogP contribution in [0.5, 0.6) is 0 Å². The second kappa shape index (κ2) is 4.14. The summed E-state index contributed by atoms with van der Waals surface area (Å²) in [5.41, 5.74) is -1.03. The zero-order chi connectivity index (χ0) is 14.9. The summed E-state index contributed by atoms with van der Waals surface area (Å²) in [5, 5.41) is 10.6. The first-order valence-electron chi connectivity index (χ1n) is 7.63. The van der Waals surface area contributed by atoms with Crippen LogP contribution in [0.25, 0.3) is 0 Å². The lowest BCUT2D eigenvalue weighted by Crippen LogP contribution is -2.64. The summed E-state index contributed by atoms with van der Waals surface area (Å²) in [4.78, 5) is 24.3. The number of aliphatic hydroxyl groups is 1. The maximum absolute atomic E-state index is 12.3. The second-order valence-corrected chi connectivity index (χ2v) is 7.22. The molecule has 3 rings (SSSR count). The van der Waals surface area contributed by atoms with Gasteiger partial charge in [-0.15, -0.1) is 0 Å². The Morgan fingerprint density at radius 1 is 1.20 bits per heavy atom. The van der Waals surface area contributed by atoms with Gasteiger partial charge in [0.05, 0.1) is 12.2 Å². The van der Waals surface area contributed by atoms with E-state index in [9.17, 15) is 14.7 Å². The Balaban J connectivity index is 2.12. The van der Waals surface area contributed by atoms with Crippen LogP contribution in [-0.4, -0.2) is 34.5 Å². The van der Waals surface area contributed by atoms with E-state index in [0.29, 0.717) is 6.42 Å². The van der Waals surface area contributed by atoms with E-state index >= 15 is 0 Å². The molecule has 0 aromatic carbocycles. The Hall–Kier alpha value is -0.740. The molecule has 1 saturated heterocycles. The summed E-state index contributed by atoms with van der Waals surface area (Å²) >= 11 is 0. The lowest BCUT2D eigenvalue weighted by molar-refractivity contribution is -0.164. The minimum atomic E-state index is -0.634. The van der Waals surface area contributed by atoms with Gasteiger partial charge in [0.15, 0.2) is 0 Å². The zero-order valence-corrected chi connectivity index (χ0v) is 12.7. The van der Waals surface area contributed by atoms with Crippen LogP contribution in [0, 0.1) is 23.2 Å². The predicted octanol–water partition coefficient (Wildman–Crippen LogP) is 1.74. The Kier molecular flexibility index (Phi) is 2.94. The van der Waals surface area contributed by atoms with Crippen molar-refractivity contribution in [3.63, 3.8) is 0 Å². The molecule has 0 aromatic rings. The van der Waals surface area contributed by atoms with Crippen LogP contribution in [0.1, 0.15) is 47.0 Å². The fourth-order valence-electron chi connectivity index (χ4n) is 5.31. The number of rotatable bonds is 2. The van der Waals surface area contributed by atoms with Gasteiger partial charge in [0, 0.05) is 17.3 Å². The summed E-state index contributed by atoms with van der Waals surface area (Å²) in [5.74, 6) is -0.364. The van der Waals surface area contributed by atoms with Gasteiger partial charge in [-0.2, -0.15) is 0 Å². The largest absolute Gasteiger partial charge is 0.390 e. The summed E-state index contributed by atoms with van der Waals surface area (Å²) in [7, 11) is 0. The normalized spacial score (nSPS) is 53.8. The van der Waals surface area contributed by atoms with Crippen molar-refractivity contribution < 1.29 is 19.4 Å². The van der Waals surface area contributed by atoms with Crippen molar-refractivity contribution in [2.24, 2.45) is 23.2 Å². The lowest BCUT2D eigenvalue weighted by Gasteiger charge is -2.55. The molecular weight excluding hydrogens is 256 g/mol. The average Bonchev–Trinajstić information content (AvgIpc) is 3.08. The van der Waals surface area contributed by atoms with Crippen LogP contribution < -0.4 is 0 Å². The number of carbonyl (C=O) groups is 2. The standard InChI is InChI=1S/C16H24O4/c1-8-5-6-13-16(20-13)12(19)7-11(9(2)17)14(10(3)18)15(8,16)4/h8,11-14,19H,5-7H2,1-4H3. The van der Waals surface area contributed by atoms with E-state index in [1.165, 1.54) is 6.92 Å².